The summed E-state index contributed by atoms with van der Waals surface area (Å²) in [5.74, 6) is 2.54. The second-order valence-corrected chi connectivity index (χ2v) is 8.42. The number of hydrogen-bond donors (Lipinski definition) is 0. The Morgan fingerprint density at radius 1 is 0.844 bits per heavy atom. The number of aromatic nitrogens is 2. The number of fused-ring (bicyclic) bond motifs is 1. The molecule has 0 bridgehead atoms. The van der Waals surface area contributed by atoms with Crippen molar-refractivity contribution in [2.75, 3.05) is 12.0 Å². The van der Waals surface area contributed by atoms with Gasteiger partial charge in [0.25, 0.3) is 0 Å². The highest BCUT2D eigenvalue weighted by Gasteiger charge is 2.21. The first kappa shape index (κ1) is 20.2. The molecule has 3 aromatic carbocycles. The molecule has 0 atom stereocenters. The molecule has 4 nitrogen and oxygen atoms in total. The molecule has 0 amide bonds. The van der Waals surface area contributed by atoms with Crippen LogP contribution in [0.3, 0.4) is 0 Å². The zero-order valence-corrected chi connectivity index (χ0v) is 18.8. The van der Waals surface area contributed by atoms with Crippen LogP contribution in [0.2, 0.25) is 0 Å². The SMILES string of the molecule is COc1ccc(-c2csc3nc(C)nc(N(Cc4ccccc4)c4ccccc4)c23)cc1. The fourth-order valence-electron chi connectivity index (χ4n) is 3.87. The number of nitrogens with zero attached hydrogens (tertiary/aromatic N) is 3. The van der Waals surface area contributed by atoms with Crippen molar-refractivity contribution < 1.29 is 4.74 Å². The Kier molecular flexibility index (Phi) is 5.57. The summed E-state index contributed by atoms with van der Waals surface area (Å²) in [4.78, 5) is 13.0. The highest BCUT2D eigenvalue weighted by molar-refractivity contribution is 7.17. The molecule has 0 saturated heterocycles. The molecular weight excluding hydrogens is 414 g/mol. The topological polar surface area (TPSA) is 38.3 Å². The second-order valence-electron chi connectivity index (χ2n) is 7.56. The van der Waals surface area contributed by atoms with E-state index in [1.165, 1.54) is 5.56 Å². The first-order chi connectivity index (χ1) is 15.7. The van der Waals surface area contributed by atoms with Crippen LogP contribution < -0.4 is 9.64 Å². The molecule has 5 rings (SSSR count). The van der Waals surface area contributed by atoms with Gasteiger partial charge in [-0.3, -0.25) is 0 Å². The maximum atomic E-state index is 5.35. The van der Waals surface area contributed by atoms with Crippen LogP contribution in [0.1, 0.15) is 11.4 Å². The highest BCUT2D eigenvalue weighted by atomic mass is 32.1. The second kappa shape index (κ2) is 8.81. The van der Waals surface area contributed by atoms with Gasteiger partial charge in [-0.1, -0.05) is 60.7 Å². The fourth-order valence-corrected chi connectivity index (χ4v) is 4.86. The van der Waals surface area contributed by atoms with Crippen LogP contribution in [0.4, 0.5) is 11.5 Å². The van der Waals surface area contributed by atoms with Crippen LogP contribution in [-0.4, -0.2) is 17.1 Å². The molecule has 0 aliphatic rings. The van der Waals surface area contributed by atoms with Crippen LogP contribution >= 0.6 is 11.3 Å². The van der Waals surface area contributed by atoms with E-state index in [1.54, 1.807) is 18.4 Å². The van der Waals surface area contributed by atoms with Gasteiger partial charge in [0.2, 0.25) is 0 Å². The molecule has 0 spiro atoms. The summed E-state index contributed by atoms with van der Waals surface area (Å²) in [6, 6.07) is 29.1. The Balaban J connectivity index is 1.71. The molecule has 5 heteroatoms. The molecule has 0 unspecified atom stereocenters. The van der Waals surface area contributed by atoms with Crippen molar-refractivity contribution in [3.8, 4) is 16.9 Å². The molecule has 2 aromatic heterocycles. The first-order valence-electron chi connectivity index (χ1n) is 10.5. The average Bonchev–Trinajstić information content (AvgIpc) is 3.27. The largest absolute Gasteiger partial charge is 0.497 e. The quantitative estimate of drug-likeness (QED) is 0.286. The summed E-state index contributed by atoms with van der Waals surface area (Å²) in [6.07, 6.45) is 0. The Hall–Kier alpha value is -3.70. The lowest BCUT2D eigenvalue weighted by Gasteiger charge is -2.25. The van der Waals surface area contributed by atoms with Gasteiger partial charge in [-0.05, 0) is 42.3 Å². The number of benzene rings is 3. The van der Waals surface area contributed by atoms with E-state index >= 15 is 0 Å². The van der Waals surface area contributed by atoms with Crippen LogP contribution in [0, 0.1) is 6.92 Å². The summed E-state index contributed by atoms with van der Waals surface area (Å²) >= 11 is 1.66. The normalized spacial score (nSPS) is 10.9. The molecule has 0 aliphatic carbocycles. The van der Waals surface area contributed by atoms with Crippen LogP contribution in [0.15, 0.2) is 90.3 Å². The Bertz CT molecular complexity index is 1330. The zero-order valence-electron chi connectivity index (χ0n) is 18.0. The van der Waals surface area contributed by atoms with E-state index in [4.69, 9.17) is 14.7 Å². The number of rotatable bonds is 6. The third kappa shape index (κ3) is 3.95. The van der Waals surface area contributed by atoms with Gasteiger partial charge in [-0.25, -0.2) is 9.97 Å². The Morgan fingerprint density at radius 2 is 1.53 bits per heavy atom. The lowest BCUT2D eigenvalue weighted by Crippen LogP contribution is -2.18. The smallest absolute Gasteiger partial charge is 0.146 e. The van der Waals surface area contributed by atoms with E-state index in [9.17, 15) is 0 Å². The van der Waals surface area contributed by atoms with E-state index < -0.39 is 0 Å². The maximum Gasteiger partial charge on any atom is 0.146 e. The minimum atomic E-state index is 0.717. The van der Waals surface area contributed by atoms with E-state index in [0.717, 1.165) is 44.4 Å². The lowest BCUT2D eigenvalue weighted by molar-refractivity contribution is 0.415. The molecular formula is C27H23N3OS. The summed E-state index contributed by atoms with van der Waals surface area (Å²) in [5, 5.41) is 3.25. The van der Waals surface area contributed by atoms with Gasteiger partial charge in [0.1, 0.15) is 22.2 Å². The average molecular weight is 438 g/mol. The third-order valence-corrected chi connectivity index (χ3v) is 6.31. The number of ether oxygens (including phenoxy) is 1. The number of hydrogen-bond acceptors (Lipinski definition) is 5. The van der Waals surface area contributed by atoms with E-state index in [2.05, 4.69) is 70.9 Å². The molecule has 0 N–H and O–H groups in total. The maximum absolute atomic E-state index is 5.35. The van der Waals surface area contributed by atoms with Crippen molar-refractivity contribution in [1.82, 2.24) is 9.97 Å². The Morgan fingerprint density at radius 3 is 2.22 bits per heavy atom. The van der Waals surface area contributed by atoms with E-state index in [1.807, 2.05) is 31.2 Å². The number of aryl methyl sites for hydroxylation is 1. The molecule has 5 aromatic rings. The standard InChI is InChI=1S/C27H23N3OS/c1-19-28-26(30(22-11-7-4-8-12-22)17-20-9-5-3-6-10-20)25-24(18-32-27(25)29-19)21-13-15-23(31-2)16-14-21/h3-16,18H,17H2,1-2H3. The van der Waals surface area contributed by atoms with Crippen molar-refractivity contribution in [3.05, 3.63) is 102 Å². The van der Waals surface area contributed by atoms with Crippen molar-refractivity contribution in [2.45, 2.75) is 13.5 Å². The van der Waals surface area contributed by atoms with Gasteiger partial charge >= 0.3 is 0 Å². The molecule has 0 radical (unpaired) electrons. The number of thiophene rings is 1. The van der Waals surface area contributed by atoms with Gasteiger partial charge in [-0.2, -0.15) is 0 Å². The van der Waals surface area contributed by atoms with Gasteiger partial charge in [0, 0.05) is 23.2 Å². The predicted octanol–water partition coefficient (Wildman–Crippen LogP) is 7.01. The number of methoxy groups -OCH3 is 1. The van der Waals surface area contributed by atoms with Crippen LogP contribution in [0.5, 0.6) is 5.75 Å². The van der Waals surface area contributed by atoms with Crippen molar-refractivity contribution in [2.24, 2.45) is 0 Å². The zero-order chi connectivity index (χ0) is 21.9. The third-order valence-electron chi connectivity index (χ3n) is 5.43. The summed E-state index contributed by atoms with van der Waals surface area (Å²) < 4.78 is 5.35. The minimum absolute atomic E-state index is 0.717. The highest BCUT2D eigenvalue weighted by Crippen LogP contribution is 2.41. The molecule has 2 heterocycles. The molecule has 0 saturated carbocycles. The minimum Gasteiger partial charge on any atom is -0.497 e. The summed E-state index contributed by atoms with van der Waals surface area (Å²) in [7, 11) is 1.69. The number of anilines is 2. The fraction of sp³-hybridized carbons (Fsp3) is 0.111. The number of para-hydroxylation sites is 1. The monoisotopic (exact) mass is 437 g/mol. The summed E-state index contributed by atoms with van der Waals surface area (Å²) in [6.45, 7) is 2.68. The van der Waals surface area contributed by atoms with E-state index in [-0.39, 0.29) is 0 Å². The van der Waals surface area contributed by atoms with Crippen LogP contribution in [-0.2, 0) is 6.54 Å². The first-order valence-corrected chi connectivity index (χ1v) is 11.4. The van der Waals surface area contributed by atoms with Gasteiger partial charge in [0.15, 0.2) is 0 Å². The lowest BCUT2D eigenvalue weighted by atomic mass is 10.1. The van der Waals surface area contributed by atoms with Crippen molar-refractivity contribution in [1.29, 1.82) is 0 Å². The van der Waals surface area contributed by atoms with Crippen LogP contribution in [0.25, 0.3) is 21.3 Å². The molecule has 0 fully saturated rings. The Labute approximate surface area is 191 Å². The van der Waals surface area contributed by atoms with Gasteiger partial charge in [0.05, 0.1) is 12.5 Å². The molecule has 0 aliphatic heterocycles. The van der Waals surface area contributed by atoms with Gasteiger partial charge in [-0.15, -0.1) is 11.3 Å². The summed E-state index contributed by atoms with van der Waals surface area (Å²) in [5.41, 5.74) is 4.58. The van der Waals surface area contributed by atoms with E-state index in [0.29, 0.717) is 6.54 Å². The molecule has 32 heavy (non-hydrogen) atoms. The predicted molar refractivity (Wildman–Crippen MR) is 133 cm³/mol. The van der Waals surface area contributed by atoms with Gasteiger partial charge < -0.3 is 9.64 Å². The van der Waals surface area contributed by atoms with Crippen molar-refractivity contribution in [3.63, 3.8) is 0 Å². The van der Waals surface area contributed by atoms with Crippen molar-refractivity contribution >= 4 is 33.1 Å². The molecule has 158 valence electrons.